The molecule has 1 atom stereocenters. The van der Waals surface area contributed by atoms with Crippen molar-refractivity contribution in [3.63, 3.8) is 0 Å². The van der Waals surface area contributed by atoms with E-state index in [1.807, 2.05) is 6.92 Å². The summed E-state index contributed by atoms with van der Waals surface area (Å²) < 4.78 is 41.6. The van der Waals surface area contributed by atoms with Crippen molar-refractivity contribution in [2.45, 2.75) is 31.3 Å². The van der Waals surface area contributed by atoms with E-state index >= 15 is 0 Å². The maximum absolute atomic E-state index is 13.6. The second kappa shape index (κ2) is 11.5. The number of sulfonamides is 1. The molecule has 36 heavy (non-hydrogen) atoms. The summed E-state index contributed by atoms with van der Waals surface area (Å²) in [6, 6.07) is 17.0. The van der Waals surface area contributed by atoms with E-state index < -0.39 is 40.2 Å². The Hall–Kier alpha value is -3.43. The van der Waals surface area contributed by atoms with Gasteiger partial charge in [0.2, 0.25) is 11.8 Å². The van der Waals surface area contributed by atoms with Gasteiger partial charge in [-0.2, -0.15) is 0 Å². The van der Waals surface area contributed by atoms with Crippen molar-refractivity contribution in [2.75, 3.05) is 17.9 Å². The van der Waals surface area contributed by atoms with Crippen LogP contribution in [-0.4, -0.2) is 44.8 Å². The molecule has 2 amide bonds. The quantitative estimate of drug-likeness (QED) is 0.449. The predicted molar refractivity (Wildman–Crippen MR) is 138 cm³/mol. The first kappa shape index (κ1) is 27.2. The summed E-state index contributed by atoms with van der Waals surface area (Å²) in [5.74, 6) is -1.59. The highest BCUT2D eigenvalue weighted by Crippen LogP contribution is 2.25. The molecule has 1 unspecified atom stereocenters. The second-order valence-corrected chi connectivity index (χ2v) is 10.5. The molecular formula is C26H27ClFN3O4S. The largest absolute Gasteiger partial charge is 0.357 e. The molecule has 3 aromatic rings. The highest BCUT2D eigenvalue weighted by Gasteiger charge is 2.32. The highest BCUT2D eigenvalue weighted by molar-refractivity contribution is 7.92. The van der Waals surface area contributed by atoms with E-state index in [4.69, 9.17) is 11.6 Å². The second-order valence-electron chi connectivity index (χ2n) is 8.24. The summed E-state index contributed by atoms with van der Waals surface area (Å²) in [7, 11) is -2.79. The molecule has 0 heterocycles. The van der Waals surface area contributed by atoms with E-state index in [0.29, 0.717) is 10.6 Å². The zero-order chi connectivity index (χ0) is 26.5. The van der Waals surface area contributed by atoms with E-state index in [9.17, 15) is 22.4 Å². The molecule has 3 rings (SSSR count). The van der Waals surface area contributed by atoms with Crippen LogP contribution in [0.3, 0.4) is 0 Å². The van der Waals surface area contributed by atoms with Gasteiger partial charge in [0, 0.05) is 18.6 Å². The van der Waals surface area contributed by atoms with Crippen molar-refractivity contribution in [1.82, 2.24) is 10.2 Å². The third-order valence-corrected chi connectivity index (χ3v) is 7.68. The van der Waals surface area contributed by atoms with Gasteiger partial charge in [-0.25, -0.2) is 12.8 Å². The molecule has 0 aromatic heterocycles. The summed E-state index contributed by atoms with van der Waals surface area (Å²) in [4.78, 5) is 27.2. The molecule has 10 heteroatoms. The van der Waals surface area contributed by atoms with E-state index in [1.54, 1.807) is 55.5 Å². The average Bonchev–Trinajstić information content (AvgIpc) is 2.85. The van der Waals surface area contributed by atoms with E-state index in [0.717, 1.165) is 34.1 Å². The topological polar surface area (TPSA) is 86.8 Å². The van der Waals surface area contributed by atoms with Crippen LogP contribution in [0.4, 0.5) is 10.1 Å². The summed E-state index contributed by atoms with van der Waals surface area (Å²) in [6.07, 6.45) is 0. The number of aryl methyl sites for hydroxylation is 1. The predicted octanol–water partition coefficient (Wildman–Crippen LogP) is 4.15. The average molecular weight is 532 g/mol. The van der Waals surface area contributed by atoms with Crippen molar-refractivity contribution in [3.8, 4) is 0 Å². The Kier molecular flexibility index (Phi) is 8.70. The Morgan fingerprint density at radius 2 is 1.67 bits per heavy atom. The van der Waals surface area contributed by atoms with Gasteiger partial charge >= 0.3 is 0 Å². The monoisotopic (exact) mass is 531 g/mol. The minimum absolute atomic E-state index is 0.0340. The van der Waals surface area contributed by atoms with Crippen molar-refractivity contribution in [3.05, 3.63) is 94.8 Å². The van der Waals surface area contributed by atoms with Crippen LogP contribution in [0.25, 0.3) is 0 Å². The number of nitrogens with zero attached hydrogens (tertiary/aromatic N) is 2. The zero-order valence-corrected chi connectivity index (χ0v) is 21.7. The van der Waals surface area contributed by atoms with Gasteiger partial charge < -0.3 is 10.2 Å². The van der Waals surface area contributed by atoms with Gasteiger partial charge in [0.05, 0.1) is 10.6 Å². The molecule has 0 spiro atoms. The van der Waals surface area contributed by atoms with Gasteiger partial charge in [-0.15, -0.1) is 0 Å². The summed E-state index contributed by atoms with van der Waals surface area (Å²) in [5.41, 5.74) is 1.84. The highest BCUT2D eigenvalue weighted by atomic mass is 35.5. The van der Waals surface area contributed by atoms with Crippen molar-refractivity contribution in [1.29, 1.82) is 0 Å². The summed E-state index contributed by atoms with van der Waals surface area (Å²) >= 11 is 6.10. The van der Waals surface area contributed by atoms with Crippen molar-refractivity contribution in [2.24, 2.45) is 0 Å². The molecule has 0 fully saturated rings. The van der Waals surface area contributed by atoms with Crippen LogP contribution in [0.2, 0.25) is 5.02 Å². The molecule has 7 nitrogen and oxygen atoms in total. The molecule has 1 N–H and O–H groups in total. The van der Waals surface area contributed by atoms with Crippen LogP contribution in [-0.2, 0) is 26.2 Å². The first-order valence-corrected chi connectivity index (χ1v) is 12.9. The maximum atomic E-state index is 13.6. The summed E-state index contributed by atoms with van der Waals surface area (Å²) in [5, 5.41) is 2.99. The number of nitrogens with one attached hydrogen (secondary N) is 1. The standard InChI is InChI=1S/C26H27ClFN3O4S/c1-18-7-11-23(12-8-18)31(36(34,35)24-13-9-22(28)10-14-24)17-25(32)30(19(2)26(33)29-3)16-20-5-4-6-21(27)15-20/h4-15,19H,16-17H2,1-3H3,(H,29,33). The molecule has 0 radical (unpaired) electrons. The minimum atomic E-state index is -4.25. The minimum Gasteiger partial charge on any atom is -0.357 e. The van der Waals surface area contributed by atoms with Crippen LogP contribution in [0, 0.1) is 12.7 Å². The third kappa shape index (κ3) is 6.41. The number of anilines is 1. The van der Waals surface area contributed by atoms with Crippen LogP contribution in [0.5, 0.6) is 0 Å². The zero-order valence-electron chi connectivity index (χ0n) is 20.1. The number of hydrogen-bond acceptors (Lipinski definition) is 4. The molecule has 190 valence electrons. The fourth-order valence-corrected chi connectivity index (χ4v) is 5.22. The molecular weight excluding hydrogens is 505 g/mol. The number of likely N-dealkylation sites (N-methyl/N-ethyl adjacent to an activating group) is 1. The van der Waals surface area contributed by atoms with Gasteiger partial charge in [-0.05, 0) is 67.9 Å². The van der Waals surface area contributed by atoms with Gasteiger partial charge in [-0.1, -0.05) is 41.4 Å². The van der Waals surface area contributed by atoms with Gasteiger partial charge in [0.25, 0.3) is 10.0 Å². The first-order valence-electron chi connectivity index (χ1n) is 11.1. The molecule has 0 saturated carbocycles. The van der Waals surface area contributed by atoms with Gasteiger partial charge in [-0.3, -0.25) is 13.9 Å². The Balaban J connectivity index is 2.02. The SMILES string of the molecule is CNC(=O)C(C)N(Cc1cccc(Cl)c1)C(=O)CN(c1ccc(C)cc1)S(=O)(=O)c1ccc(F)cc1. The van der Waals surface area contributed by atoms with Crippen LogP contribution < -0.4 is 9.62 Å². The normalized spacial score (nSPS) is 12.0. The first-order chi connectivity index (χ1) is 17.0. The number of benzene rings is 3. The molecule has 0 aliphatic carbocycles. The number of rotatable bonds is 9. The van der Waals surface area contributed by atoms with E-state index in [-0.39, 0.29) is 17.1 Å². The lowest BCUT2D eigenvalue weighted by molar-refractivity contribution is -0.139. The van der Waals surface area contributed by atoms with Gasteiger partial charge in [0.15, 0.2) is 0 Å². The molecule has 3 aromatic carbocycles. The Labute approximate surface area is 215 Å². The van der Waals surface area contributed by atoms with Crippen LogP contribution in [0.1, 0.15) is 18.1 Å². The van der Waals surface area contributed by atoms with Crippen LogP contribution >= 0.6 is 11.6 Å². The van der Waals surface area contributed by atoms with Crippen LogP contribution in [0.15, 0.2) is 77.7 Å². The lowest BCUT2D eigenvalue weighted by Gasteiger charge is -2.31. The number of amides is 2. The van der Waals surface area contributed by atoms with E-state index in [2.05, 4.69) is 5.32 Å². The Morgan fingerprint density at radius 1 is 1.03 bits per heavy atom. The number of carbonyl (C=O) groups is 2. The number of hydrogen-bond donors (Lipinski definition) is 1. The molecule has 0 bridgehead atoms. The molecule has 0 aliphatic heterocycles. The van der Waals surface area contributed by atoms with Gasteiger partial charge in [0.1, 0.15) is 18.4 Å². The maximum Gasteiger partial charge on any atom is 0.264 e. The molecule has 0 saturated heterocycles. The lowest BCUT2D eigenvalue weighted by Crippen LogP contribution is -2.50. The smallest absolute Gasteiger partial charge is 0.264 e. The third-order valence-electron chi connectivity index (χ3n) is 5.66. The Morgan fingerprint density at radius 3 is 2.25 bits per heavy atom. The number of halogens is 2. The summed E-state index contributed by atoms with van der Waals surface area (Å²) in [6.45, 7) is 2.87. The number of carbonyl (C=O) groups excluding carboxylic acids is 2. The Bertz CT molecular complexity index is 1330. The fraction of sp³-hybridized carbons (Fsp3) is 0.231. The molecule has 0 aliphatic rings. The van der Waals surface area contributed by atoms with Crippen molar-refractivity contribution < 1.29 is 22.4 Å². The van der Waals surface area contributed by atoms with E-state index in [1.165, 1.54) is 11.9 Å². The lowest BCUT2D eigenvalue weighted by atomic mass is 10.1. The fourth-order valence-electron chi connectivity index (χ4n) is 3.60. The van der Waals surface area contributed by atoms with Crippen molar-refractivity contribution >= 4 is 39.1 Å².